The van der Waals surface area contributed by atoms with Crippen molar-refractivity contribution in [2.75, 3.05) is 0 Å². The second-order valence-electron chi connectivity index (χ2n) is 5.21. The molecule has 0 heterocycles. The van der Waals surface area contributed by atoms with Crippen molar-refractivity contribution in [1.29, 1.82) is 0 Å². The molecule has 1 amide bonds. The number of carbonyl (C=O) groups excluding carboxylic acids is 1. The third kappa shape index (κ3) is 3.77. The van der Waals surface area contributed by atoms with E-state index < -0.39 is 0 Å². The predicted octanol–water partition coefficient (Wildman–Crippen LogP) is 1.27. The molecule has 0 aromatic heterocycles. The summed E-state index contributed by atoms with van der Waals surface area (Å²) in [6, 6.07) is -0.0567. The van der Waals surface area contributed by atoms with Crippen molar-refractivity contribution in [3.8, 4) is 0 Å². The van der Waals surface area contributed by atoms with Crippen molar-refractivity contribution < 1.29 is 4.79 Å². The first kappa shape index (κ1) is 12.4. The molecule has 3 heteroatoms. The predicted molar refractivity (Wildman–Crippen MR) is 55.3 cm³/mol. The molecule has 0 fully saturated rings. The van der Waals surface area contributed by atoms with Gasteiger partial charge in [0.05, 0.1) is 0 Å². The average Bonchev–Trinajstić information content (AvgIpc) is 1.83. The molecule has 3 nitrogen and oxygen atoms in total. The summed E-state index contributed by atoms with van der Waals surface area (Å²) in [6.07, 6.45) is 0. The van der Waals surface area contributed by atoms with E-state index in [-0.39, 0.29) is 22.9 Å². The van der Waals surface area contributed by atoms with Crippen LogP contribution in [0.4, 0.5) is 0 Å². The number of hydrogen-bond donors (Lipinski definition) is 2. The number of hydrogen-bond acceptors (Lipinski definition) is 2. The van der Waals surface area contributed by atoms with Crippen LogP contribution >= 0.6 is 0 Å². The number of amides is 1. The fourth-order valence-electron chi connectivity index (χ4n) is 0.594. The van der Waals surface area contributed by atoms with E-state index in [1.165, 1.54) is 0 Å². The summed E-state index contributed by atoms with van der Waals surface area (Å²) in [5.41, 5.74) is 5.05. The molecule has 3 N–H and O–H groups in total. The van der Waals surface area contributed by atoms with Crippen molar-refractivity contribution in [2.24, 2.45) is 11.1 Å². The molecule has 78 valence electrons. The minimum Gasteiger partial charge on any atom is -0.349 e. The third-order valence-corrected chi connectivity index (χ3v) is 2.26. The number of carbonyl (C=O) groups is 1. The van der Waals surface area contributed by atoms with Gasteiger partial charge in [-0.15, -0.1) is 0 Å². The lowest BCUT2D eigenvalue weighted by molar-refractivity contribution is -0.130. The maximum Gasteiger partial charge on any atom is 0.225 e. The zero-order chi connectivity index (χ0) is 10.9. The lowest BCUT2D eigenvalue weighted by Crippen LogP contribution is -2.56. The molecule has 0 radical (unpaired) electrons. The topological polar surface area (TPSA) is 55.1 Å². The van der Waals surface area contributed by atoms with Crippen LogP contribution in [-0.4, -0.2) is 17.5 Å². The summed E-state index contributed by atoms with van der Waals surface area (Å²) < 4.78 is 0. The minimum absolute atomic E-state index is 0.0369. The van der Waals surface area contributed by atoms with Gasteiger partial charge < -0.3 is 11.1 Å². The molecule has 0 aromatic carbocycles. The lowest BCUT2D eigenvalue weighted by atomic mass is 9.91. The monoisotopic (exact) mass is 186 g/mol. The highest BCUT2D eigenvalue weighted by Gasteiger charge is 2.30. The van der Waals surface area contributed by atoms with E-state index >= 15 is 0 Å². The Labute approximate surface area is 81.1 Å². The summed E-state index contributed by atoms with van der Waals surface area (Å²) in [6.45, 7) is 11.4. The summed E-state index contributed by atoms with van der Waals surface area (Å²) in [5.74, 6) is 0.0369. The molecule has 0 spiro atoms. The molecule has 13 heavy (non-hydrogen) atoms. The normalized spacial score (nSPS) is 15.3. The van der Waals surface area contributed by atoms with Crippen LogP contribution in [0.5, 0.6) is 0 Å². The maximum absolute atomic E-state index is 11.6. The Balaban J connectivity index is 4.38. The van der Waals surface area contributed by atoms with E-state index in [4.69, 9.17) is 5.73 Å². The quantitative estimate of drug-likeness (QED) is 0.682. The number of rotatable bonds is 2. The van der Waals surface area contributed by atoms with E-state index in [1.807, 2.05) is 41.5 Å². The highest BCUT2D eigenvalue weighted by molar-refractivity contribution is 5.82. The first-order valence-corrected chi connectivity index (χ1v) is 4.65. The minimum atomic E-state index is -0.355. The summed E-state index contributed by atoms with van der Waals surface area (Å²) >= 11 is 0. The maximum atomic E-state index is 11.6. The van der Waals surface area contributed by atoms with Crippen molar-refractivity contribution in [1.82, 2.24) is 5.32 Å². The van der Waals surface area contributed by atoms with Crippen molar-refractivity contribution >= 4 is 5.91 Å². The van der Waals surface area contributed by atoms with Gasteiger partial charge in [-0.3, -0.25) is 4.79 Å². The molecule has 0 saturated heterocycles. The van der Waals surface area contributed by atoms with Gasteiger partial charge in [0, 0.05) is 17.0 Å². The number of nitrogens with two attached hydrogens (primary N) is 1. The third-order valence-electron chi connectivity index (χ3n) is 2.26. The van der Waals surface area contributed by atoms with Crippen LogP contribution in [0.25, 0.3) is 0 Å². The van der Waals surface area contributed by atoms with Crippen molar-refractivity contribution in [3.63, 3.8) is 0 Å². The van der Waals surface area contributed by atoms with Crippen LogP contribution in [-0.2, 0) is 4.79 Å². The van der Waals surface area contributed by atoms with Gasteiger partial charge in [-0.05, 0) is 20.8 Å². The molecule has 0 saturated carbocycles. The fourth-order valence-corrected chi connectivity index (χ4v) is 0.594. The Morgan fingerprint density at radius 3 is 1.85 bits per heavy atom. The van der Waals surface area contributed by atoms with Gasteiger partial charge in [-0.1, -0.05) is 20.8 Å². The fraction of sp³-hybridized carbons (Fsp3) is 0.900. The molecule has 1 unspecified atom stereocenters. The standard InChI is InChI=1S/C10H22N2O/c1-7(11)10(5,6)12-8(13)9(2,3)4/h7H,11H2,1-6H3,(H,12,13). The smallest absolute Gasteiger partial charge is 0.225 e. The first-order valence-electron chi connectivity index (χ1n) is 4.65. The highest BCUT2D eigenvalue weighted by atomic mass is 16.2. The summed E-state index contributed by atoms with van der Waals surface area (Å²) in [7, 11) is 0. The van der Waals surface area contributed by atoms with Crippen LogP contribution in [0.2, 0.25) is 0 Å². The zero-order valence-corrected chi connectivity index (χ0v) is 9.56. The second kappa shape index (κ2) is 3.66. The molecule has 1 atom stereocenters. The Hall–Kier alpha value is -0.570. The van der Waals surface area contributed by atoms with E-state index in [2.05, 4.69) is 5.32 Å². The lowest BCUT2D eigenvalue weighted by Gasteiger charge is -2.33. The Morgan fingerprint density at radius 2 is 1.62 bits per heavy atom. The van der Waals surface area contributed by atoms with E-state index in [9.17, 15) is 4.79 Å². The van der Waals surface area contributed by atoms with Crippen molar-refractivity contribution in [2.45, 2.75) is 53.1 Å². The second-order valence-corrected chi connectivity index (χ2v) is 5.21. The molecule has 0 rings (SSSR count). The number of nitrogens with one attached hydrogen (secondary N) is 1. The van der Waals surface area contributed by atoms with Crippen LogP contribution in [0.3, 0.4) is 0 Å². The molecule has 0 bridgehead atoms. The van der Waals surface area contributed by atoms with Gasteiger partial charge in [0.25, 0.3) is 0 Å². The Morgan fingerprint density at radius 1 is 1.23 bits per heavy atom. The highest BCUT2D eigenvalue weighted by Crippen LogP contribution is 2.16. The molecular weight excluding hydrogens is 164 g/mol. The van der Waals surface area contributed by atoms with Gasteiger partial charge in [-0.25, -0.2) is 0 Å². The SMILES string of the molecule is CC(N)C(C)(C)NC(=O)C(C)(C)C. The molecule has 0 aliphatic carbocycles. The van der Waals surface area contributed by atoms with Gasteiger partial charge in [0.2, 0.25) is 5.91 Å². The molecular formula is C10H22N2O. The van der Waals surface area contributed by atoms with Gasteiger partial charge >= 0.3 is 0 Å². The van der Waals surface area contributed by atoms with Crippen LogP contribution in [0, 0.1) is 5.41 Å². The van der Waals surface area contributed by atoms with Crippen LogP contribution < -0.4 is 11.1 Å². The molecule has 0 aliphatic rings. The van der Waals surface area contributed by atoms with E-state index in [1.54, 1.807) is 0 Å². The summed E-state index contributed by atoms with van der Waals surface area (Å²) in [5, 5.41) is 2.93. The molecule has 0 aromatic rings. The zero-order valence-electron chi connectivity index (χ0n) is 9.56. The first-order chi connectivity index (χ1) is 5.57. The van der Waals surface area contributed by atoms with E-state index in [0.717, 1.165) is 0 Å². The van der Waals surface area contributed by atoms with Gasteiger partial charge in [0.1, 0.15) is 0 Å². The molecule has 0 aliphatic heterocycles. The Kier molecular flexibility index (Phi) is 3.50. The van der Waals surface area contributed by atoms with E-state index in [0.29, 0.717) is 0 Å². The van der Waals surface area contributed by atoms with Gasteiger partial charge in [-0.2, -0.15) is 0 Å². The van der Waals surface area contributed by atoms with Gasteiger partial charge in [0.15, 0.2) is 0 Å². The summed E-state index contributed by atoms with van der Waals surface area (Å²) in [4.78, 5) is 11.6. The van der Waals surface area contributed by atoms with Crippen LogP contribution in [0.15, 0.2) is 0 Å². The van der Waals surface area contributed by atoms with Crippen molar-refractivity contribution in [3.05, 3.63) is 0 Å². The Bertz CT molecular complexity index is 190. The van der Waals surface area contributed by atoms with Crippen LogP contribution in [0.1, 0.15) is 41.5 Å². The average molecular weight is 186 g/mol. The largest absolute Gasteiger partial charge is 0.349 e.